The molecule has 1 unspecified atom stereocenters. The second kappa shape index (κ2) is 6.66. The van der Waals surface area contributed by atoms with Gasteiger partial charge in [0, 0.05) is 7.11 Å². The van der Waals surface area contributed by atoms with Crippen molar-refractivity contribution in [1.82, 2.24) is 0 Å². The van der Waals surface area contributed by atoms with Gasteiger partial charge in [-0.15, -0.1) is 0 Å². The van der Waals surface area contributed by atoms with Gasteiger partial charge in [-0.05, 0) is 18.8 Å². The molecule has 0 aliphatic rings. The summed E-state index contributed by atoms with van der Waals surface area (Å²) in [5.74, 6) is 0.861. The van der Waals surface area contributed by atoms with Crippen molar-refractivity contribution in [3.63, 3.8) is 0 Å². The molecule has 0 aromatic carbocycles. The van der Waals surface area contributed by atoms with Crippen LogP contribution >= 0.6 is 0 Å². The molecule has 0 saturated carbocycles. The lowest BCUT2D eigenvalue weighted by molar-refractivity contribution is 0.0757. The first-order valence-electron chi connectivity index (χ1n) is 4.81. The van der Waals surface area contributed by atoms with E-state index in [0.29, 0.717) is 6.10 Å². The van der Waals surface area contributed by atoms with Crippen LogP contribution in [0.5, 0.6) is 0 Å². The molecule has 11 heavy (non-hydrogen) atoms. The minimum absolute atomic E-state index is 0.486. The Hall–Kier alpha value is -0.0400. The van der Waals surface area contributed by atoms with Gasteiger partial charge in [-0.25, -0.2) is 0 Å². The highest BCUT2D eigenvalue weighted by atomic mass is 16.5. The maximum absolute atomic E-state index is 5.33. The van der Waals surface area contributed by atoms with E-state index >= 15 is 0 Å². The van der Waals surface area contributed by atoms with E-state index in [1.807, 2.05) is 7.11 Å². The molecule has 0 saturated heterocycles. The fourth-order valence-corrected chi connectivity index (χ4v) is 1.42. The zero-order valence-corrected chi connectivity index (χ0v) is 8.39. The molecule has 0 amide bonds. The highest BCUT2D eigenvalue weighted by Crippen LogP contribution is 2.17. The van der Waals surface area contributed by atoms with Gasteiger partial charge in [0.15, 0.2) is 0 Å². The van der Waals surface area contributed by atoms with Crippen molar-refractivity contribution >= 4 is 0 Å². The lowest BCUT2D eigenvalue weighted by Gasteiger charge is -2.18. The maximum Gasteiger partial charge on any atom is 0.0571 e. The number of hydrogen-bond donors (Lipinski definition) is 0. The van der Waals surface area contributed by atoms with E-state index < -0.39 is 0 Å². The first kappa shape index (κ1) is 11.0. The van der Waals surface area contributed by atoms with Crippen molar-refractivity contribution in [3.8, 4) is 0 Å². The van der Waals surface area contributed by atoms with Gasteiger partial charge in [-0.2, -0.15) is 0 Å². The largest absolute Gasteiger partial charge is 0.381 e. The quantitative estimate of drug-likeness (QED) is 0.576. The lowest BCUT2D eigenvalue weighted by Crippen LogP contribution is -2.14. The molecule has 0 heterocycles. The van der Waals surface area contributed by atoms with E-state index in [9.17, 15) is 0 Å². The van der Waals surface area contributed by atoms with Gasteiger partial charge in [0.2, 0.25) is 0 Å². The molecule has 0 N–H and O–H groups in total. The van der Waals surface area contributed by atoms with Gasteiger partial charge in [0.1, 0.15) is 0 Å². The number of rotatable bonds is 6. The van der Waals surface area contributed by atoms with Crippen molar-refractivity contribution in [2.24, 2.45) is 5.92 Å². The predicted octanol–water partition coefficient (Wildman–Crippen LogP) is 3.24. The van der Waals surface area contributed by atoms with Crippen LogP contribution in [-0.4, -0.2) is 13.2 Å². The van der Waals surface area contributed by atoms with Crippen molar-refractivity contribution < 1.29 is 4.74 Å². The first-order chi connectivity index (χ1) is 5.28. The molecule has 68 valence electrons. The van der Waals surface area contributed by atoms with E-state index in [0.717, 1.165) is 12.3 Å². The fraction of sp³-hybridized carbons (Fsp3) is 1.00. The highest BCUT2D eigenvalue weighted by molar-refractivity contribution is 4.62. The number of methoxy groups -OCH3 is 1. The molecule has 0 aromatic rings. The molecular weight excluding hydrogens is 136 g/mol. The Morgan fingerprint density at radius 1 is 1.00 bits per heavy atom. The van der Waals surface area contributed by atoms with Crippen LogP contribution in [0.3, 0.4) is 0 Å². The van der Waals surface area contributed by atoms with E-state index in [4.69, 9.17) is 4.74 Å². The van der Waals surface area contributed by atoms with Crippen LogP contribution in [0.15, 0.2) is 0 Å². The average Bonchev–Trinajstić information content (AvgIpc) is 2.07. The molecule has 0 spiro atoms. The second-order valence-corrected chi connectivity index (χ2v) is 3.18. The fourth-order valence-electron chi connectivity index (χ4n) is 1.42. The standard InChI is InChI=1S/C10H22O/c1-5-9(6-2)8-10(7-3)11-4/h9-10H,5-8H2,1-4H3. The van der Waals surface area contributed by atoms with E-state index in [1.165, 1.54) is 19.3 Å². The summed E-state index contributed by atoms with van der Waals surface area (Å²) >= 11 is 0. The monoisotopic (exact) mass is 158 g/mol. The molecule has 0 bridgehead atoms. The molecule has 1 atom stereocenters. The third-order valence-electron chi connectivity index (χ3n) is 2.54. The molecule has 0 aliphatic heterocycles. The molecule has 0 radical (unpaired) electrons. The summed E-state index contributed by atoms with van der Waals surface area (Å²) in [5.41, 5.74) is 0. The van der Waals surface area contributed by atoms with E-state index in [1.54, 1.807) is 0 Å². The second-order valence-electron chi connectivity index (χ2n) is 3.18. The first-order valence-corrected chi connectivity index (χ1v) is 4.81. The van der Waals surface area contributed by atoms with E-state index in [-0.39, 0.29) is 0 Å². The summed E-state index contributed by atoms with van der Waals surface area (Å²) < 4.78 is 5.33. The Kier molecular flexibility index (Phi) is 6.63. The average molecular weight is 158 g/mol. The molecule has 0 aromatic heterocycles. The van der Waals surface area contributed by atoms with Gasteiger partial charge in [0.25, 0.3) is 0 Å². The van der Waals surface area contributed by atoms with Gasteiger partial charge in [-0.3, -0.25) is 0 Å². The molecule has 0 fully saturated rings. The number of ether oxygens (including phenoxy) is 1. The van der Waals surface area contributed by atoms with Gasteiger partial charge >= 0.3 is 0 Å². The van der Waals surface area contributed by atoms with Crippen molar-refractivity contribution in [1.29, 1.82) is 0 Å². The molecule has 0 rings (SSSR count). The Morgan fingerprint density at radius 3 is 1.82 bits per heavy atom. The van der Waals surface area contributed by atoms with Crippen LogP contribution in [0, 0.1) is 5.92 Å². The van der Waals surface area contributed by atoms with Crippen LogP contribution in [-0.2, 0) is 4.74 Å². The van der Waals surface area contributed by atoms with Crippen LogP contribution in [0.1, 0.15) is 46.5 Å². The van der Waals surface area contributed by atoms with Crippen LogP contribution < -0.4 is 0 Å². The highest BCUT2D eigenvalue weighted by Gasteiger charge is 2.10. The normalized spacial score (nSPS) is 13.9. The third kappa shape index (κ3) is 4.41. The van der Waals surface area contributed by atoms with Crippen LogP contribution in [0.4, 0.5) is 0 Å². The van der Waals surface area contributed by atoms with Crippen LogP contribution in [0.25, 0.3) is 0 Å². The van der Waals surface area contributed by atoms with Gasteiger partial charge < -0.3 is 4.74 Å². The SMILES string of the molecule is CCC(CC)CC(CC)OC. The number of hydrogen-bond acceptors (Lipinski definition) is 1. The lowest BCUT2D eigenvalue weighted by atomic mass is 9.95. The molecule has 1 heteroatoms. The van der Waals surface area contributed by atoms with Crippen molar-refractivity contribution in [3.05, 3.63) is 0 Å². The van der Waals surface area contributed by atoms with E-state index in [2.05, 4.69) is 20.8 Å². The van der Waals surface area contributed by atoms with Gasteiger partial charge in [-0.1, -0.05) is 33.6 Å². The minimum atomic E-state index is 0.486. The van der Waals surface area contributed by atoms with Crippen LogP contribution in [0.2, 0.25) is 0 Å². The Labute approximate surface area is 71.1 Å². The maximum atomic E-state index is 5.33. The Morgan fingerprint density at radius 2 is 1.55 bits per heavy atom. The Balaban J connectivity index is 3.58. The molecule has 1 nitrogen and oxygen atoms in total. The summed E-state index contributed by atoms with van der Waals surface area (Å²) in [6, 6.07) is 0. The zero-order chi connectivity index (χ0) is 8.69. The Bertz CT molecular complexity index is 62.9. The summed E-state index contributed by atoms with van der Waals surface area (Å²) in [6.07, 6.45) is 5.44. The molecular formula is C10H22O. The summed E-state index contributed by atoms with van der Waals surface area (Å²) in [4.78, 5) is 0. The summed E-state index contributed by atoms with van der Waals surface area (Å²) in [6.45, 7) is 6.71. The zero-order valence-electron chi connectivity index (χ0n) is 8.39. The smallest absolute Gasteiger partial charge is 0.0571 e. The topological polar surface area (TPSA) is 9.23 Å². The van der Waals surface area contributed by atoms with Crippen molar-refractivity contribution in [2.75, 3.05) is 7.11 Å². The predicted molar refractivity (Wildman–Crippen MR) is 49.8 cm³/mol. The third-order valence-corrected chi connectivity index (χ3v) is 2.54. The minimum Gasteiger partial charge on any atom is -0.381 e. The van der Waals surface area contributed by atoms with Gasteiger partial charge in [0.05, 0.1) is 6.10 Å². The van der Waals surface area contributed by atoms with Crippen molar-refractivity contribution in [2.45, 2.75) is 52.6 Å². The summed E-state index contributed by atoms with van der Waals surface area (Å²) in [7, 11) is 1.82. The molecule has 0 aliphatic carbocycles. The summed E-state index contributed by atoms with van der Waals surface area (Å²) in [5, 5.41) is 0.